The fourth-order valence-electron chi connectivity index (χ4n) is 1.45. The number of halogens is 2. The van der Waals surface area contributed by atoms with Crippen LogP contribution in [-0.4, -0.2) is 23.5 Å². The lowest BCUT2D eigenvalue weighted by molar-refractivity contribution is 0.0952. The topological polar surface area (TPSA) is 87.7 Å². The van der Waals surface area contributed by atoms with E-state index in [1.54, 1.807) is 18.2 Å². The second-order valence-electron chi connectivity index (χ2n) is 3.93. The maximum absolute atomic E-state index is 11.9. The second-order valence-corrected chi connectivity index (χ2v) is 5.53. The molecule has 19 heavy (non-hydrogen) atoms. The average Bonchev–Trinajstić information content (AvgIpc) is 2.40. The monoisotopic (exact) mass is 395 g/mol. The van der Waals surface area contributed by atoms with E-state index >= 15 is 0 Å². The molecule has 0 bridgehead atoms. The molecule has 1 aromatic rings. The third-order valence-corrected chi connectivity index (χ3v) is 3.62. The summed E-state index contributed by atoms with van der Waals surface area (Å²) in [6.45, 7) is 0.542. The van der Waals surface area contributed by atoms with Crippen molar-refractivity contribution in [2.45, 2.75) is 19.3 Å². The number of unbranched alkanes of at least 4 members (excludes halogenated alkanes) is 1. The zero-order chi connectivity index (χ0) is 14.3. The Kier molecular flexibility index (Phi) is 6.93. The zero-order valence-corrected chi connectivity index (χ0v) is 13.1. The smallest absolute Gasteiger partial charge is 0.252 e. The second kappa shape index (κ2) is 8.21. The molecule has 4 N–H and O–H groups in total. The van der Waals surface area contributed by atoms with Crippen molar-refractivity contribution in [3.05, 3.63) is 32.4 Å². The molecule has 0 fully saturated rings. The van der Waals surface area contributed by atoms with E-state index in [1.165, 1.54) is 0 Å². The summed E-state index contributed by atoms with van der Waals surface area (Å²) in [7, 11) is 0. The summed E-state index contributed by atoms with van der Waals surface area (Å²) in [6, 6.07) is 5.20. The summed E-state index contributed by atoms with van der Waals surface area (Å²) in [5.41, 5.74) is 5.91. The number of oxime groups is 1. The van der Waals surface area contributed by atoms with Crippen molar-refractivity contribution in [1.82, 2.24) is 5.32 Å². The van der Waals surface area contributed by atoms with Gasteiger partial charge in [0.15, 0.2) is 0 Å². The van der Waals surface area contributed by atoms with Gasteiger partial charge in [0.25, 0.3) is 5.91 Å². The Balaban J connectivity index is 2.37. The molecule has 0 aliphatic heterocycles. The van der Waals surface area contributed by atoms with E-state index in [1.807, 2.05) is 0 Å². The molecule has 0 unspecified atom stereocenters. The number of rotatable bonds is 6. The van der Waals surface area contributed by atoms with Crippen molar-refractivity contribution in [3.8, 4) is 0 Å². The Labute approximate surface area is 130 Å². The van der Waals surface area contributed by atoms with Crippen molar-refractivity contribution in [2.24, 2.45) is 10.9 Å². The summed E-state index contributed by atoms with van der Waals surface area (Å²) >= 11 is 7.96. The van der Waals surface area contributed by atoms with E-state index in [-0.39, 0.29) is 11.7 Å². The lowest BCUT2D eigenvalue weighted by atomic mass is 10.2. The van der Waals surface area contributed by atoms with Gasteiger partial charge < -0.3 is 16.3 Å². The van der Waals surface area contributed by atoms with E-state index < -0.39 is 0 Å². The van der Waals surface area contributed by atoms with Crippen molar-refractivity contribution in [2.75, 3.05) is 6.54 Å². The maximum Gasteiger partial charge on any atom is 0.252 e. The van der Waals surface area contributed by atoms with Crippen LogP contribution in [0.4, 0.5) is 0 Å². The standard InChI is InChI=1S/C12H15ClIN3O2/c13-8-4-5-10(14)9(7-8)12(18)16-6-2-1-3-11(15)17-19/h4-5,7,19H,1-3,6H2,(H2,15,17)(H,16,18). The highest BCUT2D eigenvalue weighted by Crippen LogP contribution is 2.17. The Morgan fingerprint density at radius 1 is 1.47 bits per heavy atom. The Morgan fingerprint density at radius 2 is 2.21 bits per heavy atom. The van der Waals surface area contributed by atoms with Crippen LogP contribution >= 0.6 is 34.2 Å². The highest BCUT2D eigenvalue weighted by molar-refractivity contribution is 14.1. The number of nitrogens with zero attached hydrogens (tertiary/aromatic N) is 1. The van der Waals surface area contributed by atoms with Gasteiger partial charge in [0.2, 0.25) is 0 Å². The molecular weight excluding hydrogens is 381 g/mol. The van der Waals surface area contributed by atoms with Crippen LogP contribution in [0.2, 0.25) is 5.02 Å². The first-order valence-electron chi connectivity index (χ1n) is 5.74. The minimum Gasteiger partial charge on any atom is -0.409 e. The molecule has 0 aromatic heterocycles. The van der Waals surface area contributed by atoms with Gasteiger partial charge in [-0.25, -0.2) is 0 Å². The zero-order valence-electron chi connectivity index (χ0n) is 10.2. The number of hydrogen-bond donors (Lipinski definition) is 3. The van der Waals surface area contributed by atoms with E-state index in [4.69, 9.17) is 22.5 Å². The summed E-state index contributed by atoms with van der Waals surface area (Å²) in [5, 5.41) is 14.6. The molecule has 0 atom stereocenters. The van der Waals surface area contributed by atoms with Gasteiger partial charge in [-0.2, -0.15) is 0 Å². The Morgan fingerprint density at radius 3 is 2.89 bits per heavy atom. The lowest BCUT2D eigenvalue weighted by Gasteiger charge is -2.07. The summed E-state index contributed by atoms with van der Waals surface area (Å²) < 4.78 is 0.858. The van der Waals surface area contributed by atoms with E-state index in [2.05, 4.69) is 33.1 Å². The van der Waals surface area contributed by atoms with E-state index in [0.717, 1.165) is 16.4 Å². The third kappa shape index (κ3) is 5.65. The SMILES string of the molecule is N/C(CCCCNC(=O)c1cc(Cl)ccc1I)=N/O. The van der Waals surface area contributed by atoms with Crippen molar-refractivity contribution in [3.63, 3.8) is 0 Å². The highest BCUT2D eigenvalue weighted by atomic mass is 127. The van der Waals surface area contributed by atoms with Gasteiger partial charge in [0.05, 0.1) is 5.56 Å². The Hall–Kier alpha value is -1.02. The molecule has 7 heteroatoms. The van der Waals surface area contributed by atoms with Crippen LogP contribution in [-0.2, 0) is 0 Å². The van der Waals surface area contributed by atoms with Gasteiger partial charge in [-0.3, -0.25) is 4.79 Å². The van der Waals surface area contributed by atoms with Crippen LogP contribution in [0.5, 0.6) is 0 Å². The number of amidine groups is 1. The van der Waals surface area contributed by atoms with Crippen LogP contribution in [0, 0.1) is 3.57 Å². The number of benzene rings is 1. The van der Waals surface area contributed by atoms with Gasteiger partial charge in [0, 0.05) is 21.6 Å². The van der Waals surface area contributed by atoms with Gasteiger partial charge >= 0.3 is 0 Å². The van der Waals surface area contributed by atoms with Gasteiger partial charge in [-0.05, 0) is 53.6 Å². The molecule has 0 heterocycles. The van der Waals surface area contributed by atoms with Crippen LogP contribution in [0.1, 0.15) is 29.6 Å². The number of nitrogens with one attached hydrogen (secondary N) is 1. The molecule has 5 nitrogen and oxygen atoms in total. The molecule has 0 aliphatic rings. The largest absolute Gasteiger partial charge is 0.409 e. The predicted octanol–water partition coefficient (Wildman–Crippen LogP) is 2.59. The molecule has 0 aliphatic carbocycles. The minimum atomic E-state index is -0.143. The van der Waals surface area contributed by atoms with E-state index in [0.29, 0.717) is 23.6 Å². The molecule has 1 amide bonds. The lowest BCUT2D eigenvalue weighted by Crippen LogP contribution is -2.25. The van der Waals surface area contributed by atoms with E-state index in [9.17, 15) is 4.79 Å². The number of amides is 1. The van der Waals surface area contributed by atoms with Crippen LogP contribution in [0.25, 0.3) is 0 Å². The molecule has 0 radical (unpaired) electrons. The highest BCUT2D eigenvalue weighted by Gasteiger charge is 2.09. The molecule has 1 rings (SSSR count). The Bertz CT molecular complexity index is 480. The first-order valence-corrected chi connectivity index (χ1v) is 7.20. The van der Waals surface area contributed by atoms with Gasteiger partial charge in [-0.15, -0.1) is 0 Å². The quantitative estimate of drug-likeness (QED) is 0.173. The summed E-state index contributed by atoms with van der Waals surface area (Å²) in [5.74, 6) is 0.0615. The number of carbonyl (C=O) groups is 1. The molecule has 0 saturated carbocycles. The summed E-state index contributed by atoms with van der Waals surface area (Å²) in [4.78, 5) is 11.9. The minimum absolute atomic E-state index is 0.143. The van der Waals surface area contributed by atoms with Crippen molar-refractivity contribution >= 4 is 45.9 Å². The maximum atomic E-state index is 11.9. The first kappa shape index (κ1) is 16.0. The normalized spacial score (nSPS) is 11.4. The van der Waals surface area contributed by atoms with Crippen LogP contribution in [0.3, 0.4) is 0 Å². The molecule has 0 saturated heterocycles. The molecule has 0 spiro atoms. The number of hydrogen-bond acceptors (Lipinski definition) is 3. The number of carbonyl (C=O) groups excluding carboxylic acids is 1. The van der Waals surface area contributed by atoms with Gasteiger partial charge in [0.1, 0.15) is 5.84 Å². The molecule has 1 aromatic carbocycles. The fourth-order valence-corrected chi connectivity index (χ4v) is 2.20. The third-order valence-electron chi connectivity index (χ3n) is 2.45. The predicted molar refractivity (Wildman–Crippen MR) is 83.8 cm³/mol. The van der Waals surface area contributed by atoms with Gasteiger partial charge in [-0.1, -0.05) is 16.8 Å². The molecular formula is C12H15ClIN3O2. The first-order chi connectivity index (χ1) is 9.04. The summed E-state index contributed by atoms with van der Waals surface area (Å²) in [6.07, 6.45) is 2.03. The van der Waals surface area contributed by atoms with Crippen molar-refractivity contribution in [1.29, 1.82) is 0 Å². The fraction of sp³-hybridized carbons (Fsp3) is 0.333. The number of nitrogens with two attached hydrogens (primary N) is 1. The van der Waals surface area contributed by atoms with Crippen LogP contribution < -0.4 is 11.1 Å². The van der Waals surface area contributed by atoms with Crippen molar-refractivity contribution < 1.29 is 10.0 Å². The molecule has 104 valence electrons. The van der Waals surface area contributed by atoms with Crippen LogP contribution in [0.15, 0.2) is 23.4 Å². The average molecular weight is 396 g/mol.